The van der Waals surface area contributed by atoms with E-state index in [9.17, 15) is 9.90 Å². The predicted octanol–water partition coefficient (Wildman–Crippen LogP) is 0.891. The van der Waals surface area contributed by atoms with Gasteiger partial charge in [0.05, 0.1) is 19.9 Å². The molecule has 0 atom stereocenters. The number of carbonyl (C=O) groups is 1. The number of rotatable bonds is 2. The summed E-state index contributed by atoms with van der Waals surface area (Å²) in [4.78, 5) is 15.1. The molecule has 5 heteroatoms. The Labute approximate surface area is 81.3 Å². The number of nitrogens with zero attached hydrogens (tertiary/aromatic N) is 1. The normalized spacial score (nSPS) is 9.64. The fourth-order valence-electron chi connectivity index (χ4n) is 0.985. The molecule has 1 rings (SSSR count). The summed E-state index contributed by atoms with van der Waals surface area (Å²) in [6, 6.07) is 1.27. The largest absolute Gasteiger partial charge is 0.506 e. The molecular weight excluding hydrogens is 186 g/mol. The summed E-state index contributed by atoms with van der Waals surface area (Å²) in [5.41, 5.74) is 0.507. The summed E-state index contributed by atoms with van der Waals surface area (Å²) in [6.07, 6.45) is 0. The molecular formula is C9H11NO4. The molecule has 1 aromatic rings. The van der Waals surface area contributed by atoms with Crippen LogP contribution in [0.5, 0.6) is 11.6 Å². The van der Waals surface area contributed by atoms with Gasteiger partial charge in [-0.1, -0.05) is 0 Å². The average molecular weight is 197 g/mol. The van der Waals surface area contributed by atoms with Crippen LogP contribution in [0.2, 0.25) is 0 Å². The molecule has 0 aliphatic heterocycles. The molecule has 0 aliphatic rings. The van der Waals surface area contributed by atoms with Crippen molar-refractivity contribution in [2.45, 2.75) is 6.92 Å². The van der Waals surface area contributed by atoms with Crippen LogP contribution in [0, 0.1) is 6.92 Å². The molecule has 1 heterocycles. The third-order valence-corrected chi connectivity index (χ3v) is 1.75. The van der Waals surface area contributed by atoms with Crippen molar-refractivity contribution in [3.8, 4) is 11.6 Å². The Bertz CT molecular complexity index is 362. The molecule has 0 radical (unpaired) electrons. The molecule has 0 aromatic carbocycles. The predicted molar refractivity (Wildman–Crippen MR) is 48.5 cm³/mol. The molecule has 0 fully saturated rings. The van der Waals surface area contributed by atoms with Crippen LogP contribution in [0.1, 0.15) is 16.1 Å². The van der Waals surface area contributed by atoms with Gasteiger partial charge in [0.2, 0.25) is 5.88 Å². The fraction of sp³-hybridized carbons (Fsp3) is 0.333. The minimum Gasteiger partial charge on any atom is -0.506 e. The third kappa shape index (κ3) is 1.76. The van der Waals surface area contributed by atoms with Gasteiger partial charge >= 0.3 is 5.97 Å². The minimum atomic E-state index is -0.593. The van der Waals surface area contributed by atoms with Crippen molar-refractivity contribution in [1.82, 2.24) is 4.98 Å². The minimum absolute atomic E-state index is 0.0637. The van der Waals surface area contributed by atoms with Gasteiger partial charge in [-0.3, -0.25) is 0 Å². The van der Waals surface area contributed by atoms with Crippen LogP contribution in [0.25, 0.3) is 0 Å². The molecule has 5 nitrogen and oxygen atoms in total. The van der Waals surface area contributed by atoms with Crippen LogP contribution in [-0.2, 0) is 4.74 Å². The van der Waals surface area contributed by atoms with Crippen LogP contribution in [0.3, 0.4) is 0 Å². The van der Waals surface area contributed by atoms with Crippen LogP contribution in [0.15, 0.2) is 6.07 Å². The van der Waals surface area contributed by atoms with Crippen LogP contribution in [0.4, 0.5) is 0 Å². The summed E-state index contributed by atoms with van der Waals surface area (Å²) in [6.45, 7) is 1.61. The van der Waals surface area contributed by atoms with E-state index < -0.39 is 5.97 Å². The maximum absolute atomic E-state index is 11.2. The number of aromatic nitrogens is 1. The SMILES string of the molecule is COC(=O)c1cc(O)c(C)nc1OC. The Morgan fingerprint density at radius 1 is 1.50 bits per heavy atom. The van der Waals surface area contributed by atoms with Gasteiger partial charge in [-0.2, -0.15) is 0 Å². The standard InChI is InChI=1S/C9H11NO4/c1-5-7(11)4-6(9(12)14-3)8(10-5)13-2/h4,11H,1-3H3. The number of esters is 1. The summed E-state index contributed by atoms with van der Waals surface area (Å²) in [7, 11) is 2.64. The van der Waals surface area contributed by atoms with E-state index in [-0.39, 0.29) is 17.2 Å². The fourth-order valence-corrected chi connectivity index (χ4v) is 0.985. The Hall–Kier alpha value is -1.78. The van der Waals surface area contributed by atoms with Crippen molar-refractivity contribution < 1.29 is 19.4 Å². The van der Waals surface area contributed by atoms with E-state index in [2.05, 4.69) is 9.72 Å². The molecule has 76 valence electrons. The number of methoxy groups -OCH3 is 2. The lowest BCUT2D eigenvalue weighted by Gasteiger charge is -2.07. The maximum atomic E-state index is 11.2. The van der Waals surface area contributed by atoms with E-state index in [1.54, 1.807) is 6.92 Å². The maximum Gasteiger partial charge on any atom is 0.343 e. The van der Waals surface area contributed by atoms with Crippen LogP contribution in [-0.4, -0.2) is 30.3 Å². The molecule has 1 aromatic heterocycles. The summed E-state index contributed by atoms with van der Waals surface area (Å²) in [5.74, 6) is -0.511. The first kappa shape index (κ1) is 10.3. The van der Waals surface area contributed by atoms with Gasteiger partial charge in [0.1, 0.15) is 11.3 Å². The monoisotopic (exact) mass is 197 g/mol. The van der Waals surface area contributed by atoms with Gasteiger partial charge < -0.3 is 14.6 Å². The van der Waals surface area contributed by atoms with Gasteiger partial charge in [0.25, 0.3) is 0 Å². The Kier molecular flexibility index (Phi) is 2.91. The van der Waals surface area contributed by atoms with E-state index in [4.69, 9.17) is 4.74 Å². The summed E-state index contributed by atoms with van der Waals surface area (Å²) < 4.78 is 9.38. The van der Waals surface area contributed by atoms with Crippen molar-refractivity contribution >= 4 is 5.97 Å². The van der Waals surface area contributed by atoms with Crippen LogP contribution < -0.4 is 4.74 Å². The first-order valence-electron chi connectivity index (χ1n) is 3.93. The second kappa shape index (κ2) is 3.95. The Balaban J connectivity index is 3.27. The van der Waals surface area contributed by atoms with Gasteiger partial charge in [0, 0.05) is 6.07 Å². The highest BCUT2D eigenvalue weighted by Crippen LogP contribution is 2.23. The zero-order valence-corrected chi connectivity index (χ0v) is 8.20. The Morgan fingerprint density at radius 2 is 2.14 bits per heavy atom. The Morgan fingerprint density at radius 3 is 2.64 bits per heavy atom. The molecule has 0 saturated heterocycles. The summed E-state index contributed by atoms with van der Waals surface area (Å²) >= 11 is 0. The average Bonchev–Trinajstić information content (AvgIpc) is 2.20. The highest BCUT2D eigenvalue weighted by Gasteiger charge is 2.16. The first-order chi connectivity index (χ1) is 6.60. The number of hydrogen-bond donors (Lipinski definition) is 1. The number of hydrogen-bond acceptors (Lipinski definition) is 5. The van der Waals surface area contributed by atoms with E-state index >= 15 is 0 Å². The van der Waals surface area contributed by atoms with E-state index in [1.807, 2.05) is 0 Å². The highest BCUT2D eigenvalue weighted by molar-refractivity contribution is 5.92. The topological polar surface area (TPSA) is 68.7 Å². The second-order valence-electron chi connectivity index (χ2n) is 2.64. The number of carbonyl (C=O) groups excluding carboxylic acids is 1. The van der Waals surface area contributed by atoms with Crippen molar-refractivity contribution in [2.75, 3.05) is 14.2 Å². The lowest BCUT2D eigenvalue weighted by Crippen LogP contribution is -2.06. The van der Waals surface area contributed by atoms with Gasteiger partial charge in [0.15, 0.2) is 0 Å². The molecule has 0 aliphatic carbocycles. The van der Waals surface area contributed by atoms with E-state index in [0.29, 0.717) is 5.69 Å². The number of aromatic hydroxyl groups is 1. The van der Waals surface area contributed by atoms with E-state index in [0.717, 1.165) is 0 Å². The lowest BCUT2D eigenvalue weighted by atomic mass is 10.2. The molecule has 14 heavy (non-hydrogen) atoms. The second-order valence-corrected chi connectivity index (χ2v) is 2.64. The smallest absolute Gasteiger partial charge is 0.343 e. The zero-order valence-electron chi connectivity index (χ0n) is 8.20. The summed E-state index contributed by atoms with van der Waals surface area (Å²) in [5, 5.41) is 9.34. The van der Waals surface area contributed by atoms with Gasteiger partial charge in [-0.25, -0.2) is 9.78 Å². The molecule has 0 spiro atoms. The van der Waals surface area contributed by atoms with Crippen molar-refractivity contribution in [2.24, 2.45) is 0 Å². The third-order valence-electron chi connectivity index (χ3n) is 1.75. The number of aryl methyl sites for hydroxylation is 1. The number of pyridine rings is 1. The molecule has 0 unspecified atom stereocenters. The quantitative estimate of drug-likeness (QED) is 0.713. The van der Waals surface area contributed by atoms with Crippen molar-refractivity contribution in [3.63, 3.8) is 0 Å². The van der Waals surface area contributed by atoms with Gasteiger partial charge in [-0.15, -0.1) is 0 Å². The van der Waals surface area contributed by atoms with E-state index in [1.165, 1.54) is 20.3 Å². The zero-order chi connectivity index (χ0) is 10.7. The van der Waals surface area contributed by atoms with Gasteiger partial charge in [-0.05, 0) is 6.92 Å². The lowest BCUT2D eigenvalue weighted by molar-refractivity contribution is 0.0595. The molecule has 0 saturated carbocycles. The molecule has 0 amide bonds. The van der Waals surface area contributed by atoms with Crippen LogP contribution >= 0.6 is 0 Å². The molecule has 0 bridgehead atoms. The number of ether oxygens (including phenoxy) is 2. The van der Waals surface area contributed by atoms with Crippen molar-refractivity contribution in [3.05, 3.63) is 17.3 Å². The first-order valence-corrected chi connectivity index (χ1v) is 3.93. The molecule has 1 N–H and O–H groups in total. The van der Waals surface area contributed by atoms with Crippen molar-refractivity contribution in [1.29, 1.82) is 0 Å². The highest BCUT2D eigenvalue weighted by atomic mass is 16.5.